The molecule has 0 radical (unpaired) electrons. The minimum atomic E-state index is -0.656. The van der Waals surface area contributed by atoms with Crippen LogP contribution in [0.15, 0.2) is 12.2 Å². The molecule has 0 heterocycles. The van der Waals surface area contributed by atoms with Crippen molar-refractivity contribution in [1.29, 1.82) is 0 Å². The average molecular weight is 524 g/mol. The predicted octanol–water partition coefficient (Wildman–Crippen LogP) is 9.17. The molecule has 0 fully saturated rings. The number of carbonyl (C=O) groups excluding carboxylic acids is 1. The number of nitrogens with one attached hydrogen (secondary N) is 1. The highest BCUT2D eigenvalue weighted by Gasteiger charge is 2.19. The lowest BCUT2D eigenvalue weighted by Gasteiger charge is -2.22. The zero-order valence-corrected chi connectivity index (χ0v) is 25.0. The van der Waals surface area contributed by atoms with Gasteiger partial charge in [0.2, 0.25) is 5.91 Å². The van der Waals surface area contributed by atoms with E-state index >= 15 is 0 Å². The van der Waals surface area contributed by atoms with Crippen LogP contribution in [0, 0.1) is 0 Å². The third-order valence-electron chi connectivity index (χ3n) is 7.53. The molecule has 0 saturated carbocycles. The molecule has 3 N–H and O–H groups in total. The first kappa shape index (κ1) is 36.1. The van der Waals surface area contributed by atoms with Crippen molar-refractivity contribution in [2.45, 2.75) is 187 Å². The minimum absolute atomic E-state index is 0.0428. The molecule has 0 spiro atoms. The Balaban J connectivity index is 3.60. The highest BCUT2D eigenvalue weighted by atomic mass is 16.3. The third kappa shape index (κ3) is 26.5. The van der Waals surface area contributed by atoms with Gasteiger partial charge in [-0.25, -0.2) is 0 Å². The van der Waals surface area contributed by atoms with E-state index in [1.165, 1.54) is 122 Å². The highest BCUT2D eigenvalue weighted by Crippen LogP contribution is 2.14. The van der Waals surface area contributed by atoms with Crippen LogP contribution in [-0.4, -0.2) is 34.9 Å². The van der Waals surface area contributed by atoms with E-state index in [1.807, 2.05) is 0 Å². The Kier molecular flexibility index (Phi) is 29.0. The predicted molar refractivity (Wildman–Crippen MR) is 161 cm³/mol. The standard InChI is InChI=1S/C33H65NO3/c1-3-5-7-9-11-13-15-17-19-21-23-25-27-29-33(37)34-31(30-35)32(36)28-26-24-22-20-18-16-14-12-10-8-6-4-2/h13,15,31-32,35-36H,3-12,14,16-30H2,1-2H3,(H,34,37)/b15-13+/t31-,32+/m0/s1. The maximum Gasteiger partial charge on any atom is 0.220 e. The highest BCUT2D eigenvalue weighted by molar-refractivity contribution is 5.76. The van der Waals surface area contributed by atoms with Gasteiger partial charge in [-0.1, -0.05) is 142 Å². The van der Waals surface area contributed by atoms with Gasteiger partial charge < -0.3 is 15.5 Å². The summed E-state index contributed by atoms with van der Waals surface area (Å²) in [5.74, 6) is -0.0428. The molecule has 0 unspecified atom stereocenters. The van der Waals surface area contributed by atoms with E-state index in [4.69, 9.17) is 0 Å². The molecule has 0 saturated heterocycles. The van der Waals surface area contributed by atoms with Crippen LogP contribution in [0.4, 0.5) is 0 Å². The molecule has 0 rings (SSSR count). The molecule has 0 aliphatic heterocycles. The van der Waals surface area contributed by atoms with Gasteiger partial charge in [0, 0.05) is 6.42 Å². The molecule has 0 aromatic rings. The van der Waals surface area contributed by atoms with Gasteiger partial charge in [0.15, 0.2) is 0 Å². The summed E-state index contributed by atoms with van der Waals surface area (Å²) in [6.45, 7) is 4.32. The van der Waals surface area contributed by atoms with E-state index in [0.717, 1.165) is 25.7 Å². The lowest BCUT2D eigenvalue weighted by molar-refractivity contribution is -0.123. The number of aliphatic hydroxyl groups excluding tert-OH is 2. The summed E-state index contributed by atoms with van der Waals surface area (Å²) in [5.41, 5.74) is 0. The molecule has 4 nitrogen and oxygen atoms in total. The number of aliphatic hydroxyl groups is 2. The van der Waals surface area contributed by atoms with Gasteiger partial charge in [0.05, 0.1) is 18.8 Å². The summed E-state index contributed by atoms with van der Waals surface area (Å²) in [6.07, 6.45) is 33.9. The fourth-order valence-electron chi connectivity index (χ4n) is 4.94. The number of hydrogen-bond donors (Lipinski definition) is 3. The number of unbranched alkanes of at least 4 members (excludes halogenated alkanes) is 20. The SMILES string of the molecule is CCCCCC/C=C/CCCCCCCC(=O)N[C@@H](CO)[C@H](O)CCCCCCCCCCCCCC. The van der Waals surface area contributed by atoms with Gasteiger partial charge in [0.25, 0.3) is 0 Å². The van der Waals surface area contributed by atoms with Crippen molar-refractivity contribution in [3.63, 3.8) is 0 Å². The molecular formula is C33H65NO3. The van der Waals surface area contributed by atoms with Crippen LogP contribution < -0.4 is 5.32 Å². The number of amides is 1. The van der Waals surface area contributed by atoms with Gasteiger partial charge in [0.1, 0.15) is 0 Å². The van der Waals surface area contributed by atoms with Gasteiger partial charge in [-0.2, -0.15) is 0 Å². The summed E-state index contributed by atoms with van der Waals surface area (Å²) in [7, 11) is 0. The maximum absolute atomic E-state index is 12.3. The molecule has 37 heavy (non-hydrogen) atoms. The summed E-state index contributed by atoms with van der Waals surface area (Å²) in [4.78, 5) is 12.3. The van der Waals surface area contributed by atoms with Crippen molar-refractivity contribution in [2.75, 3.05) is 6.61 Å². The van der Waals surface area contributed by atoms with E-state index in [2.05, 4.69) is 31.3 Å². The zero-order valence-electron chi connectivity index (χ0n) is 25.0. The second-order valence-corrected chi connectivity index (χ2v) is 11.2. The van der Waals surface area contributed by atoms with Crippen LogP contribution >= 0.6 is 0 Å². The second kappa shape index (κ2) is 29.7. The largest absolute Gasteiger partial charge is 0.394 e. The molecule has 4 heteroatoms. The zero-order chi connectivity index (χ0) is 27.2. The van der Waals surface area contributed by atoms with E-state index in [1.54, 1.807) is 0 Å². The Morgan fingerprint density at radius 1 is 0.622 bits per heavy atom. The van der Waals surface area contributed by atoms with Crippen molar-refractivity contribution in [3.8, 4) is 0 Å². The number of allylic oxidation sites excluding steroid dienone is 2. The van der Waals surface area contributed by atoms with E-state index in [9.17, 15) is 15.0 Å². The van der Waals surface area contributed by atoms with Crippen molar-refractivity contribution < 1.29 is 15.0 Å². The summed E-state index contributed by atoms with van der Waals surface area (Å²) < 4.78 is 0. The Labute approximate surface area is 231 Å². The second-order valence-electron chi connectivity index (χ2n) is 11.2. The van der Waals surface area contributed by atoms with Crippen LogP contribution in [0.25, 0.3) is 0 Å². The van der Waals surface area contributed by atoms with E-state index in [0.29, 0.717) is 12.8 Å². The smallest absolute Gasteiger partial charge is 0.220 e. The lowest BCUT2D eigenvalue weighted by Crippen LogP contribution is -2.45. The Morgan fingerprint density at radius 3 is 1.51 bits per heavy atom. The van der Waals surface area contributed by atoms with Crippen molar-refractivity contribution in [1.82, 2.24) is 5.32 Å². The summed E-state index contributed by atoms with van der Waals surface area (Å²) >= 11 is 0. The summed E-state index contributed by atoms with van der Waals surface area (Å²) in [5, 5.41) is 22.9. The molecular weight excluding hydrogens is 458 g/mol. The minimum Gasteiger partial charge on any atom is -0.394 e. The first-order chi connectivity index (χ1) is 18.2. The molecule has 0 aliphatic rings. The molecule has 0 bridgehead atoms. The van der Waals surface area contributed by atoms with Gasteiger partial charge in [-0.15, -0.1) is 0 Å². The fourth-order valence-corrected chi connectivity index (χ4v) is 4.94. The number of hydrogen-bond acceptors (Lipinski definition) is 3. The topological polar surface area (TPSA) is 69.6 Å². The number of rotatable bonds is 29. The van der Waals surface area contributed by atoms with Crippen LogP contribution in [0.1, 0.15) is 174 Å². The van der Waals surface area contributed by atoms with Gasteiger partial charge in [-0.3, -0.25) is 4.79 Å². The van der Waals surface area contributed by atoms with Crippen molar-refractivity contribution in [3.05, 3.63) is 12.2 Å². The summed E-state index contributed by atoms with van der Waals surface area (Å²) in [6, 6.07) is -0.533. The molecule has 220 valence electrons. The quantitative estimate of drug-likeness (QED) is 0.0676. The molecule has 2 atom stereocenters. The average Bonchev–Trinajstić information content (AvgIpc) is 2.90. The monoisotopic (exact) mass is 523 g/mol. The van der Waals surface area contributed by atoms with Crippen LogP contribution in [0.3, 0.4) is 0 Å². The first-order valence-corrected chi connectivity index (χ1v) is 16.4. The lowest BCUT2D eigenvalue weighted by atomic mass is 10.0. The first-order valence-electron chi connectivity index (χ1n) is 16.4. The Bertz CT molecular complexity index is 494. The van der Waals surface area contributed by atoms with Crippen LogP contribution in [-0.2, 0) is 4.79 Å². The van der Waals surface area contributed by atoms with Gasteiger partial charge in [-0.05, 0) is 38.5 Å². The molecule has 0 aromatic carbocycles. The van der Waals surface area contributed by atoms with Gasteiger partial charge >= 0.3 is 0 Å². The van der Waals surface area contributed by atoms with Crippen LogP contribution in [0.5, 0.6) is 0 Å². The fraction of sp³-hybridized carbons (Fsp3) is 0.909. The molecule has 1 amide bonds. The Morgan fingerprint density at radius 2 is 1.03 bits per heavy atom. The maximum atomic E-state index is 12.3. The number of carbonyl (C=O) groups is 1. The molecule has 0 aromatic heterocycles. The van der Waals surface area contributed by atoms with Crippen molar-refractivity contribution in [2.24, 2.45) is 0 Å². The van der Waals surface area contributed by atoms with Crippen molar-refractivity contribution >= 4 is 5.91 Å². The Hall–Kier alpha value is -0.870. The van der Waals surface area contributed by atoms with E-state index in [-0.39, 0.29) is 12.5 Å². The molecule has 0 aliphatic carbocycles. The third-order valence-corrected chi connectivity index (χ3v) is 7.53. The van der Waals surface area contributed by atoms with Crippen LogP contribution in [0.2, 0.25) is 0 Å². The van der Waals surface area contributed by atoms with E-state index < -0.39 is 12.1 Å². The normalized spacial score (nSPS) is 13.3.